The number of hydrogen-bond donors (Lipinski definition) is 0. The van der Waals surface area contributed by atoms with E-state index in [1.54, 1.807) is 17.0 Å². The zero-order chi connectivity index (χ0) is 19.0. The van der Waals surface area contributed by atoms with Gasteiger partial charge in [-0.05, 0) is 18.2 Å². The molecule has 1 aromatic carbocycles. The van der Waals surface area contributed by atoms with Crippen molar-refractivity contribution < 1.29 is 27.1 Å². The SMILES string of the molecule is O=C(c1cc2ccccc2o1)N1CCC(Oc2cc(C(F)(F)F)ccn2)C1. The van der Waals surface area contributed by atoms with E-state index in [4.69, 9.17) is 9.15 Å². The Morgan fingerprint density at radius 2 is 2.04 bits per heavy atom. The zero-order valence-corrected chi connectivity index (χ0v) is 14.1. The number of furan rings is 1. The van der Waals surface area contributed by atoms with E-state index in [9.17, 15) is 18.0 Å². The Balaban J connectivity index is 1.43. The number of benzene rings is 1. The fourth-order valence-corrected chi connectivity index (χ4v) is 3.07. The highest BCUT2D eigenvalue weighted by atomic mass is 19.4. The van der Waals surface area contributed by atoms with Gasteiger partial charge >= 0.3 is 6.18 Å². The first kappa shape index (κ1) is 17.4. The van der Waals surface area contributed by atoms with Gasteiger partial charge in [-0.15, -0.1) is 0 Å². The molecule has 0 N–H and O–H groups in total. The molecule has 3 aromatic rings. The van der Waals surface area contributed by atoms with Crippen molar-refractivity contribution in [3.63, 3.8) is 0 Å². The molecule has 4 rings (SSSR count). The molecule has 1 fully saturated rings. The van der Waals surface area contributed by atoms with Crippen LogP contribution in [-0.2, 0) is 6.18 Å². The molecule has 0 spiro atoms. The predicted octanol–water partition coefficient (Wildman–Crippen LogP) is 4.14. The first-order valence-electron chi connectivity index (χ1n) is 8.38. The zero-order valence-electron chi connectivity index (χ0n) is 14.1. The van der Waals surface area contributed by atoms with Gasteiger partial charge in [-0.2, -0.15) is 13.2 Å². The number of hydrogen-bond acceptors (Lipinski definition) is 4. The van der Waals surface area contributed by atoms with E-state index in [2.05, 4.69) is 4.98 Å². The summed E-state index contributed by atoms with van der Waals surface area (Å²) in [5.41, 5.74) is -0.193. The molecule has 1 amide bonds. The minimum Gasteiger partial charge on any atom is -0.472 e. The van der Waals surface area contributed by atoms with Crippen LogP contribution in [0.1, 0.15) is 22.5 Å². The number of amides is 1. The van der Waals surface area contributed by atoms with Gasteiger partial charge in [0.05, 0.1) is 12.1 Å². The summed E-state index contributed by atoms with van der Waals surface area (Å²) in [5, 5.41) is 0.834. The van der Waals surface area contributed by atoms with Crippen molar-refractivity contribution >= 4 is 16.9 Å². The number of aromatic nitrogens is 1. The van der Waals surface area contributed by atoms with Crippen molar-refractivity contribution in [1.29, 1.82) is 0 Å². The summed E-state index contributed by atoms with van der Waals surface area (Å²) in [4.78, 5) is 18.0. The minimum atomic E-state index is -4.46. The standard InChI is InChI=1S/C19H15F3N2O3/c20-19(21,22)13-5-7-23-17(10-13)26-14-6-8-24(11-14)18(25)16-9-12-3-1-2-4-15(12)27-16/h1-5,7,9-10,14H,6,8,11H2. The molecular formula is C19H15F3N2O3. The quantitative estimate of drug-likeness (QED) is 0.689. The van der Waals surface area contributed by atoms with Gasteiger partial charge in [0.1, 0.15) is 11.7 Å². The second-order valence-corrected chi connectivity index (χ2v) is 6.31. The van der Waals surface area contributed by atoms with Gasteiger partial charge in [0.15, 0.2) is 5.76 Å². The molecule has 5 nitrogen and oxygen atoms in total. The largest absolute Gasteiger partial charge is 0.472 e. The van der Waals surface area contributed by atoms with Crippen LogP contribution in [0.2, 0.25) is 0 Å². The Kier molecular flexibility index (Phi) is 4.25. The Bertz CT molecular complexity index is 950. The van der Waals surface area contributed by atoms with Crippen LogP contribution in [0.15, 0.2) is 53.1 Å². The van der Waals surface area contributed by atoms with Crippen LogP contribution >= 0.6 is 0 Å². The number of carbonyl (C=O) groups is 1. The molecule has 0 radical (unpaired) electrons. The predicted molar refractivity (Wildman–Crippen MR) is 90.4 cm³/mol. The van der Waals surface area contributed by atoms with Crippen molar-refractivity contribution in [3.05, 3.63) is 60.0 Å². The summed E-state index contributed by atoms with van der Waals surface area (Å²) in [5.74, 6) is -0.142. The number of pyridine rings is 1. The Morgan fingerprint density at radius 1 is 1.22 bits per heavy atom. The highest BCUT2D eigenvalue weighted by Gasteiger charge is 2.33. The smallest absolute Gasteiger partial charge is 0.416 e. The fraction of sp³-hybridized carbons (Fsp3) is 0.263. The monoisotopic (exact) mass is 376 g/mol. The number of carbonyl (C=O) groups excluding carboxylic acids is 1. The third-order valence-electron chi connectivity index (χ3n) is 4.42. The van der Waals surface area contributed by atoms with Gasteiger partial charge < -0.3 is 14.1 Å². The number of fused-ring (bicyclic) bond motifs is 1. The Labute approximate surface area is 152 Å². The van der Waals surface area contributed by atoms with Crippen LogP contribution in [0, 0.1) is 0 Å². The van der Waals surface area contributed by atoms with Crippen molar-refractivity contribution in [1.82, 2.24) is 9.88 Å². The molecular weight excluding hydrogens is 361 g/mol. The summed E-state index contributed by atoms with van der Waals surface area (Å²) >= 11 is 0. The number of ether oxygens (including phenoxy) is 1. The lowest BCUT2D eigenvalue weighted by Gasteiger charge is -2.16. The van der Waals surface area contributed by atoms with E-state index in [-0.39, 0.29) is 24.1 Å². The van der Waals surface area contributed by atoms with E-state index in [1.165, 1.54) is 0 Å². The number of rotatable bonds is 3. The van der Waals surface area contributed by atoms with Crippen molar-refractivity contribution in [3.8, 4) is 5.88 Å². The molecule has 27 heavy (non-hydrogen) atoms. The lowest BCUT2D eigenvalue weighted by atomic mass is 10.2. The molecule has 1 atom stereocenters. The van der Waals surface area contributed by atoms with Gasteiger partial charge in [-0.25, -0.2) is 4.98 Å². The first-order valence-corrected chi connectivity index (χ1v) is 8.38. The van der Waals surface area contributed by atoms with Gasteiger partial charge in [-0.3, -0.25) is 4.79 Å². The third kappa shape index (κ3) is 3.60. The van der Waals surface area contributed by atoms with Gasteiger partial charge in [0.2, 0.25) is 5.88 Å². The fourth-order valence-electron chi connectivity index (χ4n) is 3.07. The second-order valence-electron chi connectivity index (χ2n) is 6.31. The molecule has 3 heterocycles. The van der Waals surface area contributed by atoms with Crippen molar-refractivity contribution in [2.45, 2.75) is 18.7 Å². The van der Waals surface area contributed by atoms with Crippen LogP contribution in [-0.4, -0.2) is 35.0 Å². The molecule has 0 saturated carbocycles. The molecule has 1 unspecified atom stereocenters. The van der Waals surface area contributed by atoms with Gasteiger partial charge in [-0.1, -0.05) is 18.2 Å². The van der Waals surface area contributed by atoms with Crippen molar-refractivity contribution in [2.24, 2.45) is 0 Å². The molecule has 0 bridgehead atoms. The number of halogens is 3. The van der Waals surface area contributed by atoms with E-state index in [0.717, 1.165) is 23.7 Å². The Hall–Kier alpha value is -3.03. The van der Waals surface area contributed by atoms with Gasteiger partial charge in [0, 0.05) is 30.6 Å². The van der Waals surface area contributed by atoms with E-state index in [1.807, 2.05) is 18.2 Å². The summed E-state index contributed by atoms with van der Waals surface area (Å²) in [6.07, 6.45) is -3.32. The molecule has 0 aliphatic carbocycles. The van der Waals surface area contributed by atoms with Crippen LogP contribution in [0.5, 0.6) is 5.88 Å². The molecule has 8 heteroatoms. The van der Waals surface area contributed by atoms with Crippen LogP contribution < -0.4 is 4.74 Å². The third-order valence-corrected chi connectivity index (χ3v) is 4.42. The Morgan fingerprint density at radius 3 is 2.81 bits per heavy atom. The summed E-state index contributed by atoms with van der Waals surface area (Å²) in [6, 6.07) is 10.7. The molecule has 140 valence electrons. The highest BCUT2D eigenvalue weighted by Crippen LogP contribution is 2.31. The normalized spacial score (nSPS) is 17.4. The van der Waals surface area contributed by atoms with E-state index in [0.29, 0.717) is 18.5 Å². The molecule has 2 aromatic heterocycles. The number of likely N-dealkylation sites (tertiary alicyclic amines) is 1. The highest BCUT2D eigenvalue weighted by molar-refractivity contribution is 5.96. The van der Waals surface area contributed by atoms with E-state index < -0.39 is 17.8 Å². The van der Waals surface area contributed by atoms with Gasteiger partial charge in [0.25, 0.3) is 5.91 Å². The van der Waals surface area contributed by atoms with Crippen LogP contribution in [0.25, 0.3) is 11.0 Å². The topological polar surface area (TPSA) is 55.6 Å². The summed E-state index contributed by atoms with van der Waals surface area (Å²) in [6.45, 7) is 0.688. The van der Waals surface area contributed by atoms with E-state index >= 15 is 0 Å². The summed E-state index contributed by atoms with van der Waals surface area (Å²) < 4.78 is 49.5. The summed E-state index contributed by atoms with van der Waals surface area (Å²) in [7, 11) is 0. The maximum absolute atomic E-state index is 12.8. The number of alkyl halides is 3. The lowest BCUT2D eigenvalue weighted by Crippen LogP contribution is -2.30. The molecule has 1 aliphatic heterocycles. The minimum absolute atomic E-state index is 0.104. The average molecular weight is 376 g/mol. The maximum Gasteiger partial charge on any atom is 0.416 e. The maximum atomic E-state index is 12.8. The average Bonchev–Trinajstić information content (AvgIpc) is 3.27. The molecule has 1 aliphatic rings. The first-order chi connectivity index (χ1) is 12.9. The van der Waals surface area contributed by atoms with Crippen LogP contribution in [0.3, 0.4) is 0 Å². The number of nitrogens with zero attached hydrogens (tertiary/aromatic N) is 2. The van der Waals surface area contributed by atoms with Crippen LogP contribution in [0.4, 0.5) is 13.2 Å². The molecule has 1 saturated heterocycles. The lowest BCUT2D eigenvalue weighted by molar-refractivity contribution is -0.137. The number of para-hydroxylation sites is 1. The van der Waals surface area contributed by atoms with Crippen molar-refractivity contribution in [2.75, 3.05) is 13.1 Å². The second kappa shape index (κ2) is 6.61.